The molecule has 1 N–H and O–H groups in total. The van der Waals surface area contributed by atoms with Crippen molar-refractivity contribution >= 4 is 62.3 Å². The number of hydrogen-bond donors (Lipinski definition) is 1. The maximum atomic E-state index is 4.73. The van der Waals surface area contributed by atoms with Gasteiger partial charge in [0.15, 0.2) is 0 Å². The van der Waals surface area contributed by atoms with E-state index in [1.807, 2.05) is 78.9 Å². The predicted molar refractivity (Wildman–Crippen MR) is 236 cm³/mol. The van der Waals surface area contributed by atoms with Gasteiger partial charge < -0.3 is 9.80 Å². The second-order valence-corrected chi connectivity index (χ2v) is 13.4. The quantitative estimate of drug-likeness (QED) is 0.112. The van der Waals surface area contributed by atoms with Gasteiger partial charge in [0, 0.05) is 41.2 Å². The second-order valence-electron chi connectivity index (χ2n) is 13.4. The topological polar surface area (TPSA) is 73.9 Å². The van der Waals surface area contributed by atoms with Crippen LogP contribution in [-0.2, 0) is 0 Å². The largest absolute Gasteiger partial charge is 0.310 e. The van der Waals surface area contributed by atoms with Gasteiger partial charge in [-0.1, -0.05) is 97.1 Å². The minimum atomic E-state index is 0.785. The van der Waals surface area contributed by atoms with E-state index >= 15 is 0 Å². The van der Waals surface area contributed by atoms with Gasteiger partial charge in [-0.3, -0.25) is 10.4 Å². The van der Waals surface area contributed by atoms with Gasteiger partial charge in [-0.15, -0.1) is 10.2 Å². The van der Waals surface area contributed by atoms with Crippen molar-refractivity contribution in [2.24, 2.45) is 10.1 Å². The third-order valence-corrected chi connectivity index (χ3v) is 9.75. The maximum absolute atomic E-state index is 4.73. The van der Waals surface area contributed by atoms with Gasteiger partial charge in [0.2, 0.25) is 0 Å². The normalized spacial score (nSPS) is 13.6. The predicted octanol–water partition coefficient (Wildman–Crippen LogP) is 12.0. The molecule has 0 atom stereocenters. The molecule has 8 nitrogen and oxygen atoms in total. The van der Waals surface area contributed by atoms with E-state index in [0.29, 0.717) is 0 Å². The van der Waals surface area contributed by atoms with Crippen LogP contribution in [0, 0.1) is 0 Å². The molecule has 1 aromatic heterocycles. The zero-order valence-corrected chi connectivity index (χ0v) is 31.3. The van der Waals surface area contributed by atoms with E-state index in [4.69, 9.17) is 10.2 Å². The van der Waals surface area contributed by atoms with E-state index in [-0.39, 0.29) is 0 Å². The molecular formula is C49H38N8. The molecule has 8 heteroatoms. The van der Waals surface area contributed by atoms with Gasteiger partial charge in [0.05, 0.1) is 17.1 Å². The summed E-state index contributed by atoms with van der Waals surface area (Å²) in [6.45, 7) is 0. The van der Waals surface area contributed by atoms with Crippen molar-refractivity contribution in [1.82, 2.24) is 15.0 Å². The van der Waals surface area contributed by atoms with Crippen LogP contribution in [0.15, 0.2) is 216 Å². The van der Waals surface area contributed by atoms with Gasteiger partial charge in [-0.25, -0.2) is 0 Å². The van der Waals surface area contributed by atoms with Crippen molar-refractivity contribution in [3.05, 3.63) is 206 Å². The zero-order valence-electron chi connectivity index (χ0n) is 31.3. The Hall–Kier alpha value is -7.84. The fourth-order valence-electron chi connectivity index (χ4n) is 6.97. The molecule has 0 unspecified atom stereocenters. The first kappa shape index (κ1) is 34.9. The van der Waals surface area contributed by atoms with Crippen molar-refractivity contribution in [1.29, 1.82) is 0 Å². The van der Waals surface area contributed by atoms with Crippen LogP contribution in [0.2, 0.25) is 0 Å². The summed E-state index contributed by atoms with van der Waals surface area (Å²) in [5, 5.41) is 14.1. The van der Waals surface area contributed by atoms with E-state index in [0.717, 1.165) is 79.1 Å². The van der Waals surface area contributed by atoms with Crippen LogP contribution in [-0.4, -0.2) is 33.5 Å². The molecule has 1 aliphatic rings. The Kier molecular flexibility index (Phi) is 9.71. The lowest BCUT2D eigenvalue weighted by atomic mass is 10.0. The first-order chi connectivity index (χ1) is 28.2. The number of benzene rings is 7. The van der Waals surface area contributed by atoms with Gasteiger partial charge in [-0.05, 0) is 120 Å². The highest BCUT2D eigenvalue weighted by Gasteiger charge is 2.16. The summed E-state index contributed by atoms with van der Waals surface area (Å²) in [6, 6.07) is 62.8. The third-order valence-electron chi connectivity index (χ3n) is 9.75. The number of hydrazone groups is 1. The summed E-state index contributed by atoms with van der Waals surface area (Å²) in [5.74, 6) is 0. The molecule has 0 fully saturated rings. The molecular weight excluding hydrogens is 701 g/mol. The van der Waals surface area contributed by atoms with Crippen molar-refractivity contribution in [2.45, 2.75) is 0 Å². The number of nitrogens with one attached hydrogen (secondary N) is 1. The van der Waals surface area contributed by atoms with Crippen molar-refractivity contribution in [3.63, 3.8) is 0 Å². The highest BCUT2D eigenvalue weighted by molar-refractivity contribution is 6.51. The van der Waals surface area contributed by atoms with Crippen molar-refractivity contribution in [2.75, 3.05) is 22.3 Å². The lowest BCUT2D eigenvalue weighted by molar-refractivity contribution is 0.765. The van der Waals surface area contributed by atoms with Crippen molar-refractivity contribution < 1.29 is 0 Å². The molecule has 274 valence electrons. The van der Waals surface area contributed by atoms with Crippen LogP contribution >= 0.6 is 0 Å². The molecule has 57 heavy (non-hydrogen) atoms. The molecule has 1 heterocycles. The van der Waals surface area contributed by atoms with Crippen LogP contribution in [0.4, 0.5) is 39.8 Å². The minimum Gasteiger partial charge on any atom is -0.310 e. The highest BCUT2D eigenvalue weighted by atomic mass is 15.5. The molecule has 0 aliphatic heterocycles. The number of nitrogens with zero attached hydrogens (tertiary/aromatic N) is 7. The van der Waals surface area contributed by atoms with E-state index in [1.54, 1.807) is 11.8 Å². The Morgan fingerprint density at radius 1 is 0.456 bits per heavy atom. The number of allylic oxidation sites excluding steroid dienone is 4. The number of fused-ring (bicyclic) bond motifs is 1. The monoisotopic (exact) mass is 738 g/mol. The van der Waals surface area contributed by atoms with Crippen LogP contribution in [0.5, 0.6) is 0 Å². The number of aromatic nitrogens is 3. The summed E-state index contributed by atoms with van der Waals surface area (Å²) < 4.78 is 0. The average molecular weight is 739 g/mol. The molecule has 9 rings (SSSR count). The maximum Gasteiger partial charge on any atom is 0.113 e. The fraction of sp³-hybridized carbons (Fsp3) is 0.0204. The molecule has 0 spiro atoms. The minimum absolute atomic E-state index is 0.785. The Labute approximate surface area is 331 Å². The van der Waals surface area contributed by atoms with Crippen LogP contribution in [0.25, 0.3) is 27.8 Å². The van der Waals surface area contributed by atoms with E-state index in [2.05, 4.69) is 153 Å². The van der Waals surface area contributed by atoms with Gasteiger partial charge >= 0.3 is 0 Å². The van der Waals surface area contributed by atoms with Crippen LogP contribution in [0.3, 0.4) is 0 Å². The lowest BCUT2D eigenvalue weighted by Gasteiger charge is -2.26. The number of hydrogen-bond acceptors (Lipinski definition) is 7. The third kappa shape index (κ3) is 7.48. The Bertz CT molecular complexity index is 2730. The molecule has 0 amide bonds. The SMILES string of the molecule is C/N=C1/C=CC=C/C1=N/Nc1cccc(N(c2ccccc2)c2ccc(-c3ccc(N(c4ccccc4)c4cccc(-n5nc6ccccc6n5)c4)cc3)cc2)c1. The number of aliphatic imine (C=N–C) groups is 1. The molecule has 0 saturated carbocycles. The molecule has 7 aromatic carbocycles. The Morgan fingerprint density at radius 2 is 0.930 bits per heavy atom. The highest BCUT2D eigenvalue weighted by Crippen LogP contribution is 2.39. The lowest BCUT2D eigenvalue weighted by Crippen LogP contribution is -2.13. The van der Waals surface area contributed by atoms with E-state index in [9.17, 15) is 0 Å². The molecule has 0 bridgehead atoms. The first-order valence-corrected chi connectivity index (χ1v) is 18.8. The summed E-state index contributed by atoms with van der Waals surface area (Å²) in [5.41, 5.74) is 16.8. The molecule has 8 aromatic rings. The second kappa shape index (κ2) is 15.9. The number of anilines is 7. The van der Waals surface area contributed by atoms with Crippen LogP contribution < -0.4 is 15.2 Å². The fourth-order valence-corrected chi connectivity index (χ4v) is 6.97. The summed E-state index contributed by atoms with van der Waals surface area (Å²) in [4.78, 5) is 10.6. The van der Waals surface area contributed by atoms with Gasteiger partial charge in [0.25, 0.3) is 0 Å². The molecule has 0 radical (unpaired) electrons. The molecule has 0 saturated heterocycles. The number of rotatable bonds is 10. The summed E-state index contributed by atoms with van der Waals surface area (Å²) in [6.07, 6.45) is 7.83. The smallest absolute Gasteiger partial charge is 0.113 e. The summed E-state index contributed by atoms with van der Waals surface area (Å²) >= 11 is 0. The standard InChI is InChI=1S/C49H38N8/c1-50-46-22-8-9-23-47(46)52-51-38-14-12-19-43(34-38)55(39-15-4-2-5-16-39)41-30-26-36(27-31-41)37-28-32-42(33-29-37)56(40-17-6-3-7-18-40)44-20-13-21-45(35-44)57-53-48-24-10-11-25-49(48)54-57/h2-35,51H,1H3/b50-46-,52-47-. The number of para-hydroxylation sites is 2. The Balaban J connectivity index is 1.000. The van der Waals surface area contributed by atoms with E-state index in [1.165, 1.54) is 0 Å². The zero-order chi connectivity index (χ0) is 38.4. The van der Waals surface area contributed by atoms with E-state index < -0.39 is 0 Å². The van der Waals surface area contributed by atoms with Gasteiger partial charge in [0.1, 0.15) is 16.7 Å². The van der Waals surface area contributed by atoms with Crippen LogP contribution in [0.1, 0.15) is 0 Å². The first-order valence-electron chi connectivity index (χ1n) is 18.8. The summed E-state index contributed by atoms with van der Waals surface area (Å²) in [7, 11) is 1.77. The van der Waals surface area contributed by atoms with Crippen molar-refractivity contribution in [3.8, 4) is 16.8 Å². The molecule has 1 aliphatic carbocycles. The average Bonchev–Trinajstić information content (AvgIpc) is 3.72. The van der Waals surface area contributed by atoms with Gasteiger partial charge in [-0.2, -0.15) is 9.90 Å². The Morgan fingerprint density at radius 3 is 1.49 bits per heavy atom.